The van der Waals surface area contributed by atoms with Crippen molar-refractivity contribution in [1.29, 1.82) is 0 Å². The highest BCUT2D eigenvalue weighted by molar-refractivity contribution is 6.29. The van der Waals surface area contributed by atoms with Crippen LogP contribution in [-0.4, -0.2) is 33.9 Å². The average Bonchev–Trinajstić information content (AvgIpc) is 2.21. The molecule has 0 aromatic carbocycles. The zero-order valence-electron chi connectivity index (χ0n) is 9.22. The van der Waals surface area contributed by atoms with Gasteiger partial charge in [0.05, 0.1) is 6.42 Å². The third-order valence-electron chi connectivity index (χ3n) is 2.25. The summed E-state index contributed by atoms with van der Waals surface area (Å²) in [6.45, 7) is 4.45. The van der Waals surface area contributed by atoms with Gasteiger partial charge in [0.1, 0.15) is 0 Å². The standard InChI is InChI=1S/C10H14ClN3O2/c1-3-14(7(2)6-10(15)16)9-5-4-8(11)12-13-9/h4-5,7H,3,6H2,1-2H3,(H,15,16). The van der Waals surface area contributed by atoms with Crippen molar-refractivity contribution in [2.24, 2.45) is 0 Å². The van der Waals surface area contributed by atoms with E-state index in [0.29, 0.717) is 17.5 Å². The summed E-state index contributed by atoms with van der Waals surface area (Å²) in [5.74, 6) is -0.187. The van der Waals surface area contributed by atoms with Crippen LogP contribution < -0.4 is 4.90 Å². The van der Waals surface area contributed by atoms with Crippen molar-refractivity contribution in [3.8, 4) is 0 Å². The first-order valence-corrected chi connectivity index (χ1v) is 5.40. The van der Waals surface area contributed by atoms with Crippen LogP contribution in [0.25, 0.3) is 0 Å². The van der Waals surface area contributed by atoms with E-state index in [1.807, 2.05) is 18.7 Å². The number of anilines is 1. The van der Waals surface area contributed by atoms with Gasteiger partial charge in [-0.2, -0.15) is 0 Å². The number of aromatic nitrogens is 2. The van der Waals surface area contributed by atoms with E-state index in [1.54, 1.807) is 12.1 Å². The second kappa shape index (κ2) is 5.65. The smallest absolute Gasteiger partial charge is 0.305 e. The number of hydrogen-bond donors (Lipinski definition) is 1. The number of carbonyl (C=O) groups is 1. The molecular formula is C10H14ClN3O2. The molecule has 1 unspecified atom stereocenters. The second-order valence-electron chi connectivity index (χ2n) is 3.45. The van der Waals surface area contributed by atoms with Crippen LogP contribution in [0.15, 0.2) is 12.1 Å². The van der Waals surface area contributed by atoms with Crippen LogP contribution in [0.2, 0.25) is 5.15 Å². The SMILES string of the molecule is CCN(c1ccc(Cl)nn1)C(C)CC(=O)O. The molecule has 0 amide bonds. The van der Waals surface area contributed by atoms with E-state index in [9.17, 15) is 4.79 Å². The molecule has 1 rings (SSSR count). The highest BCUT2D eigenvalue weighted by Gasteiger charge is 2.17. The number of halogens is 1. The predicted molar refractivity (Wildman–Crippen MR) is 61.8 cm³/mol. The molecule has 0 fully saturated rings. The molecule has 0 aliphatic rings. The fraction of sp³-hybridized carbons (Fsp3) is 0.500. The predicted octanol–water partition coefficient (Wildman–Crippen LogP) is 1.82. The summed E-state index contributed by atoms with van der Waals surface area (Å²) in [5.41, 5.74) is 0. The van der Waals surface area contributed by atoms with Gasteiger partial charge in [0.2, 0.25) is 0 Å². The number of hydrogen-bond acceptors (Lipinski definition) is 4. The Morgan fingerprint density at radius 1 is 1.56 bits per heavy atom. The number of nitrogens with zero attached hydrogens (tertiary/aromatic N) is 3. The van der Waals surface area contributed by atoms with Gasteiger partial charge < -0.3 is 10.0 Å². The van der Waals surface area contributed by atoms with Crippen molar-refractivity contribution in [3.05, 3.63) is 17.3 Å². The lowest BCUT2D eigenvalue weighted by molar-refractivity contribution is -0.137. The number of carboxylic acids is 1. The van der Waals surface area contributed by atoms with E-state index in [2.05, 4.69) is 10.2 Å². The van der Waals surface area contributed by atoms with E-state index in [4.69, 9.17) is 16.7 Å². The van der Waals surface area contributed by atoms with Gasteiger partial charge in [-0.3, -0.25) is 4.79 Å². The molecule has 0 saturated carbocycles. The Morgan fingerprint density at radius 3 is 2.69 bits per heavy atom. The van der Waals surface area contributed by atoms with Crippen molar-refractivity contribution < 1.29 is 9.90 Å². The molecule has 0 spiro atoms. The average molecular weight is 244 g/mol. The fourth-order valence-electron chi connectivity index (χ4n) is 1.52. The Bertz CT molecular complexity index is 356. The molecule has 88 valence electrons. The van der Waals surface area contributed by atoms with Gasteiger partial charge in [-0.25, -0.2) is 0 Å². The van der Waals surface area contributed by atoms with Gasteiger partial charge in [0.25, 0.3) is 0 Å². The minimum absolute atomic E-state index is 0.0676. The van der Waals surface area contributed by atoms with Crippen molar-refractivity contribution >= 4 is 23.4 Å². The van der Waals surface area contributed by atoms with Crippen LogP contribution in [0.1, 0.15) is 20.3 Å². The van der Waals surface area contributed by atoms with E-state index < -0.39 is 5.97 Å². The van der Waals surface area contributed by atoms with Gasteiger partial charge in [-0.05, 0) is 26.0 Å². The highest BCUT2D eigenvalue weighted by Crippen LogP contribution is 2.16. The summed E-state index contributed by atoms with van der Waals surface area (Å²) in [4.78, 5) is 12.5. The first-order chi connectivity index (χ1) is 7.54. The lowest BCUT2D eigenvalue weighted by Gasteiger charge is -2.27. The fourth-order valence-corrected chi connectivity index (χ4v) is 1.63. The zero-order valence-corrected chi connectivity index (χ0v) is 9.98. The lowest BCUT2D eigenvalue weighted by Crippen LogP contribution is -2.35. The molecule has 1 aromatic rings. The minimum atomic E-state index is -0.826. The van der Waals surface area contributed by atoms with Crippen LogP contribution in [0.4, 0.5) is 5.82 Å². The summed E-state index contributed by atoms with van der Waals surface area (Å²) in [6.07, 6.45) is 0.0676. The van der Waals surface area contributed by atoms with Gasteiger partial charge in [-0.1, -0.05) is 11.6 Å². The largest absolute Gasteiger partial charge is 0.481 e. The monoisotopic (exact) mass is 243 g/mol. The van der Waals surface area contributed by atoms with Crippen LogP contribution in [-0.2, 0) is 4.79 Å². The van der Waals surface area contributed by atoms with E-state index in [1.165, 1.54) is 0 Å². The quantitative estimate of drug-likeness (QED) is 0.855. The molecule has 6 heteroatoms. The molecule has 1 aromatic heterocycles. The second-order valence-corrected chi connectivity index (χ2v) is 3.83. The summed E-state index contributed by atoms with van der Waals surface area (Å²) in [6, 6.07) is 3.25. The van der Waals surface area contributed by atoms with Gasteiger partial charge in [0, 0.05) is 12.6 Å². The molecule has 0 aliphatic carbocycles. The van der Waals surface area contributed by atoms with Crippen molar-refractivity contribution in [3.63, 3.8) is 0 Å². The molecule has 1 atom stereocenters. The molecule has 1 heterocycles. The number of aliphatic carboxylic acids is 1. The van der Waals surface area contributed by atoms with Crippen LogP contribution in [0.5, 0.6) is 0 Å². The van der Waals surface area contributed by atoms with E-state index in [-0.39, 0.29) is 12.5 Å². The molecule has 0 bridgehead atoms. The van der Waals surface area contributed by atoms with Crippen LogP contribution in [0, 0.1) is 0 Å². The molecule has 0 radical (unpaired) electrons. The number of carboxylic acid groups (broad SMARTS) is 1. The van der Waals surface area contributed by atoms with Crippen LogP contribution >= 0.6 is 11.6 Å². The summed E-state index contributed by atoms with van der Waals surface area (Å²) < 4.78 is 0. The summed E-state index contributed by atoms with van der Waals surface area (Å²) in [7, 11) is 0. The normalized spacial score (nSPS) is 12.2. The maximum Gasteiger partial charge on any atom is 0.305 e. The molecule has 0 saturated heterocycles. The van der Waals surface area contributed by atoms with E-state index in [0.717, 1.165) is 0 Å². The maximum atomic E-state index is 10.6. The van der Waals surface area contributed by atoms with Crippen molar-refractivity contribution in [2.75, 3.05) is 11.4 Å². The Kier molecular flexibility index (Phi) is 4.49. The Hall–Kier alpha value is -1.36. The minimum Gasteiger partial charge on any atom is -0.481 e. The molecule has 5 nitrogen and oxygen atoms in total. The van der Waals surface area contributed by atoms with Crippen LogP contribution in [0.3, 0.4) is 0 Å². The Morgan fingerprint density at radius 2 is 2.25 bits per heavy atom. The molecular weight excluding hydrogens is 230 g/mol. The van der Waals surface area contributed by atoms with Gasteiger partial charge in [0.15, 0.2) is 11.0 Å². The van der Waals surface area contributed by atoms with Crippen molar-refractivity contribution in [1.82, 2.24) is 10.2 Å². The lowest BCUT2D eigenvalue weighted by atomic mass is 10.2. The zero-order chi connectivity index (χ0) is 12.1. The summed E-state index contributed by atoms with van der Waals surface area (Å²) in [5, 5.41) is 16.7. The van der Waals surface area contributed by atoms with Crippen molar-refractivity contribution in [2.45, 2.75) is 26.3 Å². The maximum absolute atomic E-state index is 10.6. The molecule has 16 heavy (non-hydrogen) atoms. The Balaban J connectivity index is 2.81. The van der Waals surface area contributed by atoms with Gasteiger partial charge >= 0.3 is 5.97 Å². The molecule has 0 aliphatic heterocycles. The highest BCUT2D eigenvalue weighted by atomic mass is 35.5. The molecule has 1 N–H and O–H groups in total. The first kappa shape index (κ1) is 12.7. The number of rotatable bonds is 5. The Labute approximate surface area is 99.0 Å². The topological polar surface area (TPSA) is 66.3 Å². The third kappa shape index (κ3) is 3.34. The first-order valence-electron chi connectivity index (χ1n) is 5.02. The van der Waals surface area contributed by atoms with Gasteiger partial charge in [-0.15, -0.1) is 10.2 Å². The summed E-state index contributed by atoms with van der Waals surface area (Å²) >= 11 is 5.64. The van der Waals surface area contributed by atoms with E-state index >= 15 is 0 Å². The third-order valence-corrected chi connectivity index (χ3v) is 2.46.